The lowest BCUT2D eigenvalue weighted by Gasteiger charge is -2.10. The second-order valence-corrected chi connectivity index (χ2v) is 7.29. The first-order chi connectivity index (χ1) is 13.2. The van der Waals surface area contributed by atoms with E-state index in [-0.39, 0.29) is 17.5 Å². The second kappa shape index (κ2) is 7.47. The van der Waals surface area contributed by atoms with Crippen LogP contribution in [-0.2, 0) is 16.5 Å². The molecule has 0 saturated heterocycles. The number of aromatic amines is 1. The molecule has 0 radical (unpaired) electrons. The lowest BCUT2D eigenvalue weighted by Crippen LogP contribution is -2.28. The van der Waals surface area contributed by atoms with Gasteiger partial charge in [0.15, 0.2) is 0 Å². The fraction of sp³-hybridized carbons (Fsp3) is 0.111. The van der Waals surface area contributed by atoms with Crippen LogP contribution in [0.5, 0.6) is 5.75 Å². The van der Waals surface area contributed by atoms with E-state index < -0.39 is 21.4 Å². The maximum Gasteiger partial charge on any atom is 0.534 e. The van der Waals surface area contributed by atoms with Crippen LogP contribution in [0.1, 0.15) is 11.3 Å². The maximum atomic E-state index is 12.7. The molecule has 0 aliphatic rings. The number of H-pyrrole nitrogens is 1. The number of rotatable bonds is 5. The van der Waals surface area contributed by atoms with Crippen molar-refractivity contribution in [2.45, 2.75) is 11.9 Å². The molecule has 146 valence electrons. The monoisotopic (exact) mass is 410 g/mol. The zero-order valence-electron chi connectivity index (χ0n) is 14.1. The molecular weight excluding hydrogens is 397 g/mol. The maximum absolute atomic E-state index is 12.7. The third-order valence-electron chi connectivity index (χ3n) is 3.76. The summed E-state index contributed by atoms with van der Waals surface area (Å²) in [5.41, 5.74) is -4.33. The number of nitrogens with zero attached hydrogens (tertiary/aromatic N) is 1. The Hall–Kier alpha value is -3.14. The fourth-order valence-corrected chi connectivity index (χ4v) is 2.92. The minimum atomic E-state index is -5.77. The standard InChI is InChI=1S/C18H13F3N2O4S/c19-18(20,21)28(25,26)27-14-8-4-5-12(9-14)10-16-17(24)15(11-22-23-16)13-6-2-1-3-7-13/h1-9,11H,10H2,(H,22,24). The zero-order valence-corrected chi connectivity index (χ0v) is 14.9. The van der Waals surface area contributed by atoms with Gasteiger partial charge in [-0.25, -0.2) is 0 Å². The van der Waals surface area contributed by atoms with Gasteiger partial charge in [0.1, 0.15) is 11.4 Å². The first-order valence-corrected chi connectivity index (χ1v) is 9.30. The van der Waals surface area contributed by atoms with Gasteiger partial charge in [0.25, 0.3) is 0 Å². The first-order valence-electron chi connectivity index (χ1n) is 7.89. The summed E-state index contributed by atoms with van der Waals surface area (Å²) in [4.78, 5) is 12.7. The molecule has 0 bridgehead atoms. The number of alkyl halides is 3. The summed E-state index contributed by atoms with van der Waals surface area (Å²) in [5, 5.41) is 6.56. The third kappa shape index (κ3) is 4.22. The minimum Gasteiger partial charge on any atom is -0.376 e. The molecule has 1 N–H and O–H groups in total. The highest BCUT2D eigenvalue weighted by molar-refractivity contribution is 7.88. The highest BCUT2D eigenvalue weighted by Crippen LogP contribution is 2.27. The molecule has 2 aromatic carbocycles. The van der Waals surface area contributed by atoms with E-state index in [0.717, 1.165) is 12.1 Å². The van der Waals surface area contributed by atoms with Crippen molar-refractivity contribution in [3.05, 3.63) is 82.3 Å². The third-order valence-corrected chi connectivity index (χ3v) is 4.74. The summed E-state index contributed by atoms with van der Waals surface area (Å²) < 4.78 is 63.7. The van der Waals surface area contributed by atoms with Crippen molar-refractivity contribution in [1.29, 1.82) is 0 Å². The van der Waals surface area contributed by atoms with Gasteiger partial charge >= 0.3 is 15.6 Å². The van der Waals surface area contributed by atoms with Crippen LogP contribution in [0.3, 0.4) is 0 Å². The Kier molecular flexibility index (Phi) is 5.23. The SMILES string of the molecule is O=c1c(-c2ccccc2)c[nH]nc1Cc1cccc(OS(=O)(=O)C(F)(F)F)c1. The molecule has 1 heterocycles. The Morgan fingerprint density at radius 1 is 1.04 bits per heavy atom. The van der Waals surface area contributed by atoms with E-state index in [1.807, 2.05) is 0 Å². The summed E-state index contributed by atoms with van der Waals surface area (Å²) >= 11 is 0. The Morgan fingerprint density at radius 2 is 1.75 bits per heavy atom. The van der Waals surface area contributed by atoms with Crippen molar-refractivity contribution in [3.8, 4) is 16.9 Å². The van der Waals surface area contributed by atoms with Gasteiger partial charge < -0.3 is 4.18 Å². The quantitative estimate of drug-likeness (QED) is 0.515. The van der Waals surface area contributed by atoms with Crippen molar-refractivity contribution in [3.63, 3.8) is 0 Å². The van der Waals surface area contributed by atoms with Gasteiger partial charge in [-0.2, -0.15) is 26.7 Å². The summed E-state index contributed by atoms with van der Waals surface area (Å²) in [7, 11) is -5.77. The predicted octanol–water partition coefficient (Wildman–Crippen LogP) is 3.26. The van der Waals surface area contributed by atoms with E-state index in [1.165, 1.54) is 18.3 Å². The van der Waals surface area contributed by atoms with Crippen molar-refractivity contribution in [2.75, 3.05) is 0 Å². The lowest BCUT2D eigenvalue weighted by atomic mass is 10.0. The molecule has 0 unspecified atom stereocenters. The summed E-state index contributed by atoms with van der Waals surface area (Å²) in [5.74, 6) is -0.509. The Labute approximate surface area is 157 Å². The number of halogens is 3. The molecule has 0 fully saturated rings. The normalized spacial score (nSPS) is 12.0. The molecule has 0 amide bonds. The van der Waals surface area contributed by atoms with Gasteiger partial charge in [-0.1, -0.05) is 42.5 Å². The Balaban J connectivity index is 1.89. The van der Waals surface area contributed by atoms with E-state index >= 15 is 0 Å². The lowest BCUT2D eigenvalue weighted by molar-refractivity contribution is -0.0500. The Morgan fingerprint density at radius 3 is 2.43 bits per heavy atom. The molecule has 3 rings (SSSR count). The fourth-order valence-electron chi connectivity index (χ4n) is 2.47. The molecule has 0 aliphatic heterocycles. The average molecular weight is 410 g/mol. The molecule has 0 aliphatic carbocycles. The molecule has 28 heavy (non-hydrogen) atoms. The van der Waals surface area contributed by atoms with Crippen LogP contribution in [0.25, 0.3) is 11.1 Å². The van der Waals surface area contributed by atoms with E-state index in [4.69, 9.17) is 0 Å². The van der Waals surface area contributed by atoms with Gasteiger partial charge in [-0.15, -0.1) is 0 Å². The van der Waals surface area contributed by atoms with Crippen molar-refractivity contribution < 1.29 is 25.8 Å². The summed E-state index contributed by atoms with van der Waals surface area (Å²) in [6.45, 7) is 0. The van der Waals surface area contributed by atoms with Gasteiger partial charge in [0.05, 0.1) is 0 Å². The zero-order chi connectivity index (χ0) is 20.4. The van der Waals surface area contributed by atoms with Crippen LogP contribution >= 0.6 is 0 Å². The van der Waals surface area contributed by atoms with Crippen LogP contribution in [0, 0.1) is 0 Å². The Bertz CT molecular complexity index is 1140. The van der Waals surface area contributed by atoms with Crippen molar-refractivity contribution in [1.82, 2.24) is 10.2 Å². The van der Waals surface area contributed by atoms with Crippen LogP contribution in [0.2, 0.25) is 0 Å². The molecule has 6 nitrogen and oxygen atoms in total. The van der Waals surface area contributed by atoms with Gasteiger partial charge in [0, 0.05) is 18.2 Å². The molecule has 0 spiro atoms. The number of hydrogen-bond acceptors (Lipinski definition) is 5. The topological polar surface area (TPSA) is 89.1 Å². The summed E-state index contributed by atoms with van der Waals surface area (Å²) in [6.07, 6.45) is 1.43. The van der Waals surface area contributed by atoms with Gasteiger partial charge in [-0.3, -0.25) is 9.89 Å². The molecule has 0 saturated carbocycles. The molecule has 10 heteroatoms. The van der Waals surface area contributed by atoms with Gasteiger partial charge in [-0.05, 0) is 23.3 Å². The highest BCUT2D eigenvalue weighted by atomic mass is 32.2. The van der Waals surface area contributed by atoms with E-state index in [0.29, 0.717) is 16.7 Å². The number of hydrogen-bond donors (Lipinski definition) is 1. The average Bonchev–Trinajstić information content (AvgIpc) is 2.63. The number of benzene rings is 2. The van der Waals surface area contributed by atoms with Crippen molar-refractivity contribution >= 4 is 10.1 Å². The van der Waals surface area contributed by atoms with E-state index in [9.17, 15) is 26.4 Å². The largest absolute Gasteiger partial charge is 0.534 e. The number of aromatic nitrogens is 2. The van der Waals surface area contributed by atoms with Crippen LogP contribution < -0.4 is 9.61 Å². The smallest absolute Gasteiger partial charge is 0.376 e. The van der Waals surface area contributed by atoms with Crippen LogP contribution in [0.4, 0.5) is 13.2 Å². The highest BCUT2D eigenvalue weighted by Gasteiger charge is 2.48. The van der Waals surface area contributed by atoms with E-state index in [2.05, 4.69) is 14.4 Å². The van der Waals surface area contributed by atoms with Crippen LogP contribution in [-0.4, -0.2) is 24.1 Å². The minimum absolute atomic E-state index is 0.0285. The van der Waals surface area contributed by atoms with Crippen LogP contribution in [0.15, 0.2) is 65.6 Å². The number of nitrogens with one attached hydrogen (secondary N) is 1. The molecule has 3 aromatic rings. The molecular formula is C18H13F3N2O4S. The van der Waals surface area contributed by atoms with Crippen molar-refractivity contribution in [2.24, 2.45) is 0 Å². The molecule has 1 aromatic heterocycles. The molecule has 0 atom stereocenters. The second-order valence-electron chi connectivity index (χ2n) is 5.75. The summed E-state index contributed by atoms with van der Waals surface area (Å²) in [6, 6.07) is 13.9. The van der Waals surface area contributed by atoms with E-state index in [1.54, 1.807) is 30.3 Å². The predicted molar refractivity (Wildman–Crippen MR) is 95.1 cm³/mol. The first kappa shape index (κ1) is 19.6. The van der Waals surface area contributed by atoms with Gasteiger partial charge in [0.2, 0.25) is 5.43 Å².